The topological polar surface area (TPSA) is 94.2 Å². The summed E-state index contributed by atoms with van der Waals surface area (Å²) in [5.41, 5.74) is 4.83. The number of hydrazine groups is 1. The molecule has 1 aromatic carbocycles. The van der Waals surface area contributed by atoms with E-state index >= 15 is 0 Å². The van der Waals surface area contributed by atoms with Crippen molar-refractivity contribution in [3.63, 3.8) is 0 Å². The van der Waals surface area contributed by atoms with Crippen molar-refractivity contribution in [1.82, 2.24) is 5.43 Å². The van der Waals surface area contributed by atoms with Crippen LogP contribution in [0.5, 0.6) is 0 Å². The van der Waals surface area contributed by atoms with Gasteiger partial charge in [0.05, 0.1) is 31.1 Å². The third-order valence-corrected chi connectivity index (χ3v) is 4.27. The summed E-state index contributed by atoms with van der Waals surface area (Å²) < 4.78 is 15.3. The number of hydrogen-bond acceptors (Lipinski definition) is 6. The first-order valence-electron chi connectivity index (χ1n) is 10.5. The molecular weight excluding hydrogens is 400 g/mol. The summed E-state index contributed by atoms with van der Waals surface area (Å²) in [5.74, 6) is 4.44. The van der Waals surface area contributed by atoms with Gasteiger partial charge in [-0.1, -0.05) is 32.6 Å². The minimum atomic E-state index is -0.788. The Morgan fingerprint density at radius 2 is 1.55 bits per heavy atom. The summed E-state index contributed by atoms with van der Waals surface area (Å²) in [7, 11) is 0. The number of nitrogens with zero attached hydrogens (tertiary/aromatic N) is 1. The maximum Gasteiger partial charge on any atom is 0.433 e. The standard InChI is InChI=1S/C23H32N2O6/c1-6-9-13-30-22(27)24-25(23(28)31-14-10-7-2)20-16-18(5)17(4)15-19(20)11-12-21(26)29-8-3/h15-16H,6-10,13-14H2,1-5H3,(H,24,27). The van der Waals surface area contributed by atoms with Gasteiger partial charge in [-0.05, 0) is 56.9 Å². The number of unbranched alkanes of at least 4 members (excludes halogenated alkanes) is 2. The van der Waals surface area contributed by atoms with E-state index in [1.807, 2.05) is 27.7 Å². The number of nitrogens with one attached hydrogen (secondary N) is 1. The molecule has 2 amide bonds. The maximum absolute atomic E-state index is 12.8. The van der Waals surface area contributed by atoms with Gasteiger partial charge in [0.1, 0.15) is 0 Å². The maximum atomic E-state index is 12.8. The monoisotopic (exact) mass is 432 g/mol. The molecule has 0 aromatic heterocycles. The molecule has 0 fully saturated rings. The van der Waals surface area contributed by atoms with E-state index in [4.69, 9.17) is 14.2 Å². The van der Waals surface area contributed by atoms with Crippen LogP contribution in [-0.2, 0) is 19.0 Å². The molecule has 0 heterocycles. The summed E-state index contributed by atoms with van der Waals surface area (Å²) in [5, 5.41) is 0.964. The zero-order valence-corrected chi connectivity index (χ0v) is 19.0. The zero-order chi connectivity index (χ0) is 23.2. The van der Waals surface area contributed by atoms with Crippen LogP contribution in [-0.4, -0.2) is 38.0 Å². The quantitative estimate of drug-likeness (QED) is 0.215. The number of esters is 1. The predicted octanol–water partition coefficient (Wildman–Crippen LogP) is 4.40. The van der Waals surface area contributed by atoms with Gasteiger partial charge in [0, 0.05) is 5.92 Å². The van der Waals surface area contributed by atoms with Crippen LogP contribution in [0.3, 0.4) is 0 Å². The highest BCUT2D eigenvalue weighted by atomic mass is 16.6. The highest BCUT2D eigenvalue weighted by Crippen LogP contribution is 2.24. The normalized spacial score (nSPS) is 9.84. The SMILES string of the molecule is CCCCOC(=O)NN(C(=O)OCCCC)c1cc(C)c(C)cc1C#CC(=O)OCC. The molecule has 0 radical (unpaired) electrons. The lowest BCUT2D eigenvalue weighted by Gasteiger charge is -2.24. The summed E-state index contributed by atoms with van der Waals surface area (Å²) >= 11 is 0. The van der Waals surface area contributed by atoms with Crippen molar-refractivity contribution in [1.29, 1.82) is 0 Å². The number of hydrogen-bond donors (Lipinski definition) is 1. The van der Waals surface area contributed by atoms with Crippen LogP contribution in [0, 0.1) is 25.7 Å². The van der Waals surface area contributed by atoms with Gasteiger partial charge in [0.2, 0.25) is 0 Å². The van der Waals surface area contributed by atoms with Crippen LogP contribution < -0.4 is 10.4 Å². The summed E-state index contributed by atoms with van der Waals surface area (Å²) in [6.07, 6.45) is 1.53. The van der Waals surface area contributed by atoms with Gasteiger partial charge in [-0.3, -0.25) is 0 Å². The Hall–Kier alpha value is -3.21. The van der Waals surface area contributed by atoms with Gasteiger partial charge >= 0.3 is 18.2 Å². The van der Waals surface area contributed by atoms with Crippen LogP contribution in [0.2, 0.25) is 0 Å². The molecule has 0 saturated carbocycles. The number of anilines is 1. The molecule has 0 bridgehead atoms. The Balaban J connectivity index is 3.30. The van der Waals surface area contributed by atoms with Crippen LogP contribution in [0.1, 0.15) is 63.1 Å². The average molecular weight is 433 g/mol. The Bertz CT molecular complexity index is 825. The second kappa shape index (κ2) is 13.9. The molecule has 1 rings (SSSR count). The Morgan fingerprint density at radius 1 is 0.935 bits per heavy atom. The van der Waals surface area contributed by atoms with E-state index in [-0.39, 0.29) is 25.5 Å². The number of benzene rings is 1. The molecule has 1 N–H and O–H groups in total. The molecule has 0 aliphatic rings. The lowest BCUT2D eigenvalue weighted by Crippen LogP contribution is -2.47. The van der Waals surface area contributed by atoms with Crippen molar-refractivity contribution in [3.05, 3.63) is 28.8 Å². The largest absolute Gasteiger partial charge is 0.456 e. The van der Waals surface area contributed by atoms with Crippen molar-refractivity contribution in [2.45, 2.75) is 60.3 Å². The van der Waals surface area contributed by atoms with Crippen molar-refractivity contribution in [2.24, 2.45) is 0 Å². The molecule has 0 unspecified atom stereocenters. The van der Waals surface area contributed by atoms with Gasteiger partial charge in [0.15, 0.2) is 0 Å². The van der Waals surface area contributed by atoms with Crippen LogP contribution >= 0.6 is 0 Å². The number of carbonyl (C=O) groups is 3. The fraction of sp³-hybridized carbons (Fsp3) is 0.522. The fourth-order valence-electron chi connectivity index (χ4n) is 2.38. The van der Waals surface area contributed by atoms with Gasteiger partial charge < -0.3 is 14.2 Å². The predicted molar refractivity (Wildman–Crippen MR) is 118 cm³/mol. The number of ether oxygens (including phenoxy) is 3. The Labute approximate surface area is 184 Å². The number of carbonyl (C=O) groups excluding carboxylic acids is 3. The van der Waals surface area contributed by atoms with Crippen LogP contribution in [0.25, 0.3) is 0 Å². The second-order valence-corrected chi connectivity index (χ2v) is 6.83. The highest BCUT2D eigenvalue weighted by molar-refractivity contribution is 5.94. The fourth-order valence-corrected chi connectivity index (χ4v) is 2.38. The lowest BCUT2D eigenvalue weighted by molar-refractivity contribution is -0.136. The first-order valence-corrected chi connectivity index (χ1v) is 10.5. The van der Waals surface area contributed by atoms with E-state index in [1.165, 1.54) is 0 Å². The number of aryl methyl sites for hydroxylation is 2. The minimum Gasteiger partial charge on any atom is -0.456 e. The summed E-state index contributed by atoms with van der Waals surface area (Å²) in [6, 6.07) is 3.42. The molecule has 1 aromatic rings. The van der Waals surface area contributed by atoms with Crippen LogP contribution in [0.15, 0.2) is 12.1 Å². The van der Waals surface area contributed by atoms with E-state index in [2.05, 4.69) is 17.3 Å². The summed E-state index contributed by atoms with van der Waals surface area (Å²) in [6.45, 7) is 10.0. The van der Waals surface area contributed by atoms with Gasteiger partial charge in [-0.2, -0.15) is 5.01 Å². The molecule has 31 heavy (non-hydrogen) atoms. The molecule has 8 nitrogen and oxygen atoms in total. The van der Waals surface area contributed by atoms with E-state index in [9.17, 15) is 14.4 Å². The van der Waals surface area contributed by atoms with E-state index in [0.717, 1.165) is 29.0 Å². The molecule has 0 saturated heterocycles. The molecule has 0 aliphatic carbocycles. The Kier molecular flexibility index (Phi) is 11.6. The molecule has 8 heteroatoms. The first-order chi connectivity index (χ1) is 14.8. The van der Waals surface area contributed by atoms with Crippen molar-refractivity contribution in [3.8, 4) is 11.8 Å². The van der Waals surface area contributed by atoms with Crippen LogP contribution in [0.4, 0.5) is 15.3 Å². The molecule has 0 atom stereocenters. The van der Waals surface area contributed by atoms with Gasteiger partial charge in [-0.15, -0.1) is 0 Å². The minimum absolute atomic E-state index is 0.201. The number of rotatable bonds is 8. The smallest absolute Gasteiger partial charge is 0.433 e. The zero-order valence-electron chi connectivity index (χ0n) is 19.0. The van der Waals surface area contributed by atoms with Crippen molar-refractivity contribution >= 4 is 23.8 Å². The van der Waals surface area contributed by atoms with Gasteiger partial charge in [0.25, 0.3) is 0 Å². The van der Waals surface area contributed by atoms with E-state index in [1.54, 1.807) is 19.1 Å². The van der Waals surface area contributed by atoms with Crippen molar-refractivity contribution in [2.75, 3.05) is 24.8 Å². The van der Waals surface area contributed by atoms with E-state index in [0.29, 0.717) is 18.4 Å². The first kappa shape index (κ1) is 25.8. The van der Waals surface area contributed by atoms with Crippen molar-refractivity contribution < 1.29 is 28.6 Å². The van der Waals surface area contributed by atoms with Gasteiger partial charge in [-0.25, -0.2) is 19.8 Å². The molecular formula is C23H32N2O6. The molecule has 0 spiro atoms. The summed E-state index contributed by atoms with van der Waals surface area (Å²) in [4.78, 5) is 36.7. The second-order valence-electron chi connectivity index (χ2n) is 6.83. The molecule has 170 valence electrons. The molecule has 0 aliphatic heterocycles. The lowest BCUT2D eigenvalue weighted by atomic mass is 10.0. The Morgan fingerprint density at radius 3 is 2.16 bits per heavy atom. The van der Waals surface area contributed by atoms with E-state index < -0.39 is 18.2 Å². The number of amides is 2. The third kappa shape index (κ3) is 8.99. The average Bonchev–Trinajstić information content (AvgIpc) is 2.73. The highest BCUT2D eigenvalue weighted by Gasteiger charge is 2.24. The third-order valence-electron chi connectivity index (χ3n) is 4.27.